The maximum atomic E-state index is 14.1. The SMILES string of the molecule is C[C@H](N)c1cc2cccc(Cl)c2c(=O)n1-c1cccc(F)c1.Cc1nc2c(Cl)ncnc2s1.Cc1nc2c(N[C@@H](C)c3cc4cccc(Cl)c4c(=O)n3-c3cccc(F)c3)ncnc2s1.[BH4-]. The van der Waals surface area contributed by atoms with E-state index in [0.29, 0.717) is 71.0 Å². The van der Waals surface area contributed by atoms with Crippen molar-refractivity contribution in [1.29, 1.82) is 0 Å². The van der Waals surface area contributed by atoms with Crippen molar-refractivity contribution in [3.05, 3.63) is 179 Å². The average molecular weight is 983 g/mol. The van der Waals surface area contributed by atoms with Gasteiger partial charge in [0.2, 0.25) is 0 Å². The molecular formula is C46H39BCl3F2N10O2S2-. The van der Waals surface area contributed by atoms with E-state index in [1.807, 2.05) is 45.0 Å². The summed E-state index contributed by atoms with van der Waals surface area (Å²) in [5.74, 6) is -0.286. The average Bonchev–Trinajstić information content (AvgIpc) is 3.86. The number of aromatic nitrogens is 8. The van der Waals surface area contributed by atoms with E-state index in [1.165, 1.54) is 68.7 Å². The molecule has 0 unspecified atom stereocenters. The Bertz CT molecular complexity index is 3550. The predicted molar refractivity (Wildman–Crippen MR) is 270 cm³/mol. The van der Waals surface area contributed by atoms with Gasteiger partial charge in [0.15, 0.2) is 11.0 Å². The van der Waals surface area contributed by atoms with Crippen LogP contribution in [-0.2, 0) is 0 Å². The number of anilines is 1. The number of halogens is 5. The minimum Gasteiger partial charge on any atom is -0.360 e. The molecule has 3 N–H and O–H groups in total. The zero-order chi connectivity index (χ0) is 46.1. The van der Waals surface area contributed by atoms with Gasteiger partial charge in [0.25, 0.3) is 11.1 Å². The van der Waals surface area contributed by atoms with Gasteiger partial charge in [-0.1, -0.05) is 102 Å². The summed E-state index contributed by atoms with van der Waals surface area (Å²) in [6.07, 6.45) is 2.93. The zero-order valence-electron chi connectivity index (χ0n) is 34.7. The lowest BCUT2D eigenvalue weighted by Gasteiger charge is -2.21. The first kappa shape index (κ1) is 47.7. The molecular weight excluding hydrogens is 944 g/mol. The van der Waals surface area contributed by atoms with Crippen molar-refractivity contribution in [3.8, 4) is 11.4 Å². The van der Waals surface area contributed by atoms with Crippen LogP contribution < -0.4 is 22.2 Å². The van der Waals surface area contributed by atoms with Gasteiger partial charge in [-0.3, -0.25) is 18.7 Å². The molecule has 0 aliphatic heterocycles. The highest BCUT2D eigenvalue weighted by atomic mass is 35.5. The van der Waals surface area contributed by atoms with E-state index < -0.39 is 11.6 Å². The Hall–Kier alpha value is -6.21. The second-order valence-corrected chi connectivity index (χ2v) is 18.1. The standard InChI is InChI=1S/C23H17ClFN5OS.C17H14ClFN2O.C6H4ClN3S.BH4/c1-12(28-21-20-22(27-11-26-21)32-13(2)29-20)18-9-14-5-3-8-17(24)19(14)23(31)30(18)16-7-4-6-15(25)10-16;1-10(20)15-8-11-4-2-7-14(18)16(11)17(22)21(15)13-6-3-5-12(19)9-13;1-3-10-4-5(7)8-2-9-6(4)11-3;/h3-12H,1-2H3,(H,26,27,28);2-10H,20H2,1H3;2H,1H3;1H4/q;;;-1/t12-;10-;;/m00../s1. The number of thiazole rings is 2. The van der Waals surface area contributed by atoms with Crippen LogP contribution in [0.25, 0.3) is 53.6 Å². The normalized spacial score (nSPS) is 12.0. The molecule has 0 spiro atoms. The van der Waals surface area contributed by atoms with E-state index in [4.69, 9.17) is 40.5 Å². The number of nitrogens with one attached hydrogen (secondary N) is 1. The quantitative estimate of drug-likeness (QED) is 0.121. The molecule has 0 bridgehead atoms. The second kappa shape index (κ2) is 20.1. The Morgan fingerprint density at radius 1 is 0.636 bits per heavy atom. The van der Waals surface area contributed by atoms with Crippen LogP contribution >= 0.6 is 57.5 Å². The van der Waals surface area contributed by atoms with Crippen LogP contribution in [0.4, 0.5) is 14.6 Å². The lowest BCUT2D eigenvalue weighted by molar-refractivity contribution is 0.624. The maximum absolute atomic E-state index is 14.1. The Morgan fingerprint density at radius 2 is 1.11 bits per heavy atom. The molecule has 0 saturated carbocycles. The summed E-state index contributed by atoms with van der Waals surface area (Å²) in [6, 6.07) is 25.3. The van der Waals surface area contributed by atoms with E-state index in [2.05, 4.69) is 35.2 Å². The summed E-state index contributed by atoms with van der Waals surface area (Å²) in [4.78, 5) is 53.2. The smallest absolute Gasteiger partial charge is 0.264 e. The van der Waals surface area contributed by atoms with E-state index in [0.717, 1.165) is 25.1 Å². The first-order valence-corrected chi connectivity index (χ1v) is 22.5. The Morgan fingerprint density at radius 3 is 1.62 bits per heavy atom. The monoisotopic (exact) mass is 981 g/mol. The van der Waals surface area contributed by atoms with Crippen LogP contribution in [-0.4, -0.2) is 47.5 Å². The van der Waals surface area contributed by atoms with Crippen molar-refractivity contribution in [2.75, 3.05) is 5.32 Å². The number of benzene rings is 4. The molecule has 10 aromatic rings. The fourth-order valence-electron chi connectivity index (χ4n) is 7.17. The largest absolute Gasteiger partial charge is 0.360 e. The third kappa shape index (κ3) is 9.82. The molecule has 4 aromatic carbocycles. The molecule has 66 heavy (non-hydrogen) atoms. The van der Waals surface area contributed by atoms with Crippen LogP contribution in [0.3, 0.4) is 0 Å². The lowest BCUT2D eigenvalue weighted by atomic mass is 10.1. The third-order valence-corrected chi connectivity index (χ3v) is 12.7. The summed E-state index contributed by atoms with van der Waals surface area (Å²) in [5, 5.41) is 8.55. The molecule has 20 heteroatoms. The molecule has 6 heterocycles. The van der Waals surface area contributed by atoms with Crippen LogP contribution in [0, 0.1) is 25.5 Å². The van der Waals surface area contributed by atoms with E-state index >= 15 is 0 Å². The van der Waals surface area contributed by atoms with Gasteiger partial charge in [0.1, 0.15) is 45.0 Å². The van der Waals surface area contributed by atoms with Crippen molar-refractivity contribution < 1.29 is 8.78 Å². The van der Waals surface area contributed by atoms with Crippen LogP contribution in [0.5, 0.6) is 0 Å². The number of rotatable bonds is 6. The second-order valence-electron chi connectivity index (χ2n) is 14.6. The highest BCUT2D eigenvalue weighted by molar-refractivity contribution is 7.18. The third-order valence-electron chi connectivity index (χ3n) is 10.0. The summed E-state index contributed by atoms with van der Waals surface area (Å²) in [5.41, 5.74) is 8.83. The first-order valence-electron chi connectivity index (χ1n) is 19.7. The molecule has 336 valence electrons. The first-order chi connectivity index (χ1) is 31.2. The number of hydrogen-bond donors (Lipinski definition) is 2. The van der Waals surface area contributed by atoms with Crippen LogP contribution in [0.15, 0.2) is 119 Å². The van der Waals surface area contributed by atoms with Crippen molar-refractivity contribution >= 4 is 114 Å². The highest BCUT2D eigenvalue weighted by Gasteiger charge is 2.21. The Balaban J connectivity index is 0.000000164. The topological polar surface area (TPSA) is 159 Å². The molecule has 12 nitrogen and oxygen atoms in total. The summed E-state index contributed by atoms with van der Waals surface area (Å²) < 4.78 is 30.5. The number of aryl methyl sites for hydroxylation is 2. The maximum Gasteiger partial charge on any atom is 0.264 e. The van der Waals surface area contributed by atoms with Gasteiger partial charge in [-0.15, -0.1) is 0 Å². The minimum atomic E-state index is -0.435. The number of fused-ring (bicyclic) bond motifs is 4. The van der Waals surface area contributed by atoms with Gasteiger partial charge in [0, 0.05) is 17.4 Å². The molecule has 0 fully saturated rings. The number of pyridine rings is 2. The fourth-order valence-corrected chi connectivity index (χ4v) is 9.44. The summed E-state index contributed by atoms with van der Waals surface area (Å²) >= 11 is 21.3. The molecule has 6 aromatic heterocycles. The molecule has 10 rings (SSSR count). The van der Waals surface area contributed by atoms with Crippen molar-refractivity contribution in [3.63, 3.8) is 0 Å². The molecule has 0 aliphatic carbocycles. The zero-order valence-corrected chi connectivity index (χ0v) is 38.6. The number of nitrogens with zero attached hydrogens (tertiary/aromatic N) is 8. The van der Waals surface area contributed by atoms with Crippen molar-refractivity contribution in [2.24, 2.45) is 5.73 Å². The van der Waals surface area contributed by atoms with Gasteiger partial charge in [-0.25, -0.2) is 38.7 Å². The summed E-state index contributed by atoms with van der Waals surface area (Å²) in [6.45, 7) is 7.52. The molecule has 0 saturated heterocycles. The fraction of sp³-hybridized carbons (Fsp3) is 0.130. The van der Waals surface area contributed by atoms with Crippen LogP contribution in [0.2, 0.25) is 15.2 Å². The van der Waals surface area contributed by atoms with E-state index in [-0.39, 0.29) is 31.6 Å². The van der Waals surface area contributed by atoms with Crippen molar-refractivity contribution in [2.45, 2.75) is 39.8 Å². The Kier molecular flexibility index (Phi) is 14.6. The van der Waals surface area contributed by atoms with Gasteiger partial charge >= 0.3 is 0 Å². The van der Waals surface area contributed by atoms with Gasteiger partial charge in [-0.05, 0) is 99.1 Å². The molecule has 0 radical (unpaired) electrons. The van der Waals surface area contributed by atoms with Crippen LogP contribution in [0.1, 0.15) is 47.3 Å². The lowest BCUT2D eigenvalue weighted by Crippen LogP contribution is -2.26. The van der Waals surface area contributed by atoms with E-state index in [9.17, 15) is 18.4 Å². The number of nitrogens with two attached hydrogens (primary N) is 1. The van der Waals surface area contributed by atoms with Gasteiger partial charge < -0.3 is 11.1 Å². The molecule has 0 aliphatic rings. The van der Waals surface area contributed by atoms with E-state index in [1.54, 1.807) is 55.5 Å². The predicted octanol–water partition coefficient (Wildman–Crippen LogP) is 10.1. The molecule has 0 amide bonds. The molecule has 2 atom stereocenters. The number of hydrogen-bond acceptors (Lipinski definition) is 12. The summed E-state index contributed by atoms with van der Waals surface area (Å²) in [7, 11) is 0. The van der Waals surface area contributed by atoms with Crippen molar-refractivity contribution in [1.82, 2.24) is 39.0 Å². The highest BCUT2D eigenvalue weighted by Crippen LogP contribution is 2.31. The van der Waals surface area contributed by atoms with Gasteiger partial charge in [0.05, 0.1) is 48.2 Å². The minimum absolute atomic E-state index is 0. The van der Waals surface area contributed by atoms with Gasteiger partial charge in [-0.2, -0.15) is 0 Å². The Labute approximate surface area is 400 Å².